The molecule has 19 heavy (non-hydrogen) atoms. The summed E-state index contributed by atoms with van der Waals surface area (Å²) < 4.78 is 5.56. The van der Waals surface area contributed by atoms with Crippen LogP contribution in [0.15, 0.2) is 0 Å². The van der Waals surface area contributed by atoms with Crippen molar-refractivity contribution < 1.29 is 14.3 Å². The van der Waals surface area contributed by atoms with Crippen molar-refractivity contribution in [1.82, 2.24) is 9.80 Å². The van der Waals surface area contributed by atoms with Crippen LogP contribution in [0.3, 0.4) is 0 Å². The Balaban J connectivity index is 2.00. The molecule has 2 unspecified atom stereocenters. The fourth-order valence-electron chi connectivity index (χ4n) is 2.92. The molecule has 2 heterocycles. The van der Waals surface area contributed by atoms with Crippen molar-refractivity contribution in [2.24, 2.45) is 5.92 Å². The normalized spacial score (nSPS) is 29.3. The minimum absolute atomic E-state index is 0.0260. The van der Waals surface area contributed by atoms with Gasteiger partial charge in [0.2, 0.25) is 11.8 Å². The number of hydrogen-bond donors (Lipinski definition) is 0. The van der Waals surface area contributed by atoms with E-state index in [1.165, 1.54) is 0 Å². The standard InChI is InChI=1S/C14H24N2O3/c1-3-15-7-5-8-16(10-13(15)17)14(18)12-6-4-9-19-11(12)2/h11-12H,3-10H2,1-2H3. The molecule has 2 amide bonds. The van der Waals surface area contributed by atoms with Gasteiger partial charge in [-0.05, 0) is 33.1 Å². The highest BCUT2D eigenvalue weighted by Crippen LogP contribution is 2.23. The predicted octanol–water partition coefficient (Wildman–Crippen LogP) is 0.882. The maximum Gasteiger partial charge on any atom is 0.242 e. The van der Waals surface area contributed by atoms with E-state index in [0.717, 1.165) is 39.0 Å². The first kappa shape index (κ1) is 14.3. The molecular weight excluding hydrogens is 244 g/mol. The lowest BCUT2D eigenvalue weighted by Gasteiger charge is -2.32. The van der Waals surface area contributed by atoms with Gasteiger partial charge in [0.25, 0.3) is 0 Å². The molecule has 0 spiro atoms. The highest BCUT2D eigenvalue weighted by Gasteiger charge is 2.34. The van der Waals surface area contributed by atoms with Crippen LogP contribution in [0, 0.1) is 5.92 Å². The Morgan fingerprint density at radius 2 is 2.16 bits per heavy atom. The molecule has 0 aromatic carbocycles. The number of rotatable bonds is 2. The number of ether oxygens (including phenoxy) is 1. The van der Waals surface area contributed by atoms with Gasteiger partial charge in [-0.1, -0.05) is 0 Å². The average Bonchev–Trinajstić information content (AvgIpc) is 2.60. The highest BCUT2D eigenvalue weighted by molar-refractivity contribution is 5.86. The number of likely N-dealkylation sites (N-methyl/N-ethyl adjacent to an activating group) is 1. The molecule has 0 aromatic rings. The molecule has 0 bridgehead atoms. The van der Waals surface area contributed by atoms with E-state index in [-0.39, 0.29) is 30.4 Å². The minimum Gasteiger partial charge on any atom is -0.378 e. The fraction of sp³-hybridized carbons (Fsp3) is 0.857. The Morgan fingerprint density at radius 1 is 1.37 bits per heavy atom. The van der Waals surface area contributed by atoms with E-state index in [1.54, 1.807) is 4.90 Å². The van der Waals surface area contributed by atoms with Crippen LogP contribution < -0.4 is 0 Å². The molecule has 2 aliphatic rings. The van der Waals surface area contributed by atoms with Crippen molar-refractivity contribution in [3.8, 4) is 0 Å². The summed E-state index contributed by atoms with van der Waals surface area (Å²) in [6.07, 6.45) is 2.65. The van der Waals surface area contributed by atoms with E-state index in [2.05, 4.69) is 0 Å². The molecule has 0 radical (unpaired) electrons. The van der Waals surface area contributed by atoms with Gasteiger partial charge >= 0.3 is 0 Å². The summed E-state index contributed by atoms with van der Waals surface area (Å²) in [7, 11) is 0. The molecule has 0 N–H and O–H groups in total. The van der Waals surface area contributed by atoms with Crippen LogP contribution in [0.4, 0.5) is 0 Å². The zero-order valence-electron chi connectivity index (χ0n) is 11.9. The third-order valence-electron chi connectivity index (χ3n) is 4.15. The zero-order chi connectivity index (χ0) is 13.8. The molecular formula is C14H24N2O3. The van der Waals surface area contributed by atoms with E-state index in [9.17, 15) is 9.59 Å². The van der Waals surface area contributed by atoms with Crippen molar-refractivity contribution in [3.05, 3.63) is 0 Å². The fourth-order valence-corrected chi connectivity index (χ4v) is 2.92. The van der Waals surface area contributed by atoms with Gasteiger partial charge in [0.1, 0.15) is 0 Å². The van der Waals surface area contributed by atoms with Gasteiger partial charge in [-0.2, -0.15) is 0 Å². The van der Waals surface area contributed by atoms with E-state index >= 15 is 0 Å². The Hall–Kier alpha value is -1.10. The van der Waals surface area contributed by atoms with Crippen LogP contribution in [0.1, 0.15) is 33.1 Å². The van der Waals surface area contributed by atoms with Crippen molar-refractivity contribution in [2.75, 3.05) is 32.8 Å². The third-order valence-corrected chi connectivity index (χ3v) is 4.15. The number of hydrogen-bond acceptors (Lipinski definition) is 3. The highest BCUT2D eigenvalue weighted by atomic mass is 16.5. The average molecular weight is 268 g/mol. The van der Waals surface area contributed by atoms with Gasteiger partial charge in [0.05, 0.1) is 18.6 Å². The van der Waals surface area contributed by atoms with E-state index < -0.39 is 0 Å². The van der Waals surface area contributed by atoms with Crippen LogP contribution in [-0.2, 0) is 14.3 Å². The van der Waals surface area contributed by atoms with E-state index in [0.29, 0.717) is 6.54 Å². The van der Waals surface area contributed by atoms with Crippen LogP contribution >= 0.6 is 0 Å². The molecule has 2 fully saturated rings. The predicted molar refractivity (Wildman–Crippen MR) is 71.6 cm³/mol. The van der Waals surface area contributed by atoms with Crippen molar-refractivity contribution in [3.63, 3.8) is 0 Å². The van der Waals surface area contributed by atoms with Crippen molar-refractivity contribution >= 4 is 11.8 Å². The van der Waals surface area contributed by atoms with Gasteiger partial charge in [-0.3, -0.25) is 9.59 Å². The molecule has 5 nitrogen and oxygen atoms in total. The van der Waals surface area contributed by atoms with Gasteiger partial charge in [-0.25, -0.2) is 0 Å². The molecule has 0 saturated carbocycles. The first-order valence-electron chi connectivity index (χ1n) is 7.31. The maximum atomic E-state index is 12.5. The lowest BCUT2D eigenvalue weighted by Crippen LogP contribution is -2.45. The second-order valence-electron chi connectivity index (χ2n) is 5.41. The molecule has 0 aliphatic carbocycles. The number of carbonyl (C=O) groups is 2. The topological polar surface area (TPSA) is 49.9 Å². The van der Waals surface area contributed by atoms with Crippen LogP contribution in [0.5, 0.6) is 0 Å². The molecule has 2 atom stereocenters. The summed E-state index contributed by atoms with van der Waals surface area (Å²) in [5.74, 6) is 0.0889. The van der Waals surface area contributed by atoms with E-state index in [4.69, 9.17) is 4.74 Å². The Labute approximate surface area is 114 Å². The first-order valence-corrected chi connectivity index (χ1v) is 7.31. The minimum atomic E-state index is -0.0743. The van der Waals surface area contributed by atoms with Crippen LogP contribution in [-0.4, -0.2) is 60.5 Å². The summed E-state index contributed by atoms with van der Waals surface area (Å²) in [6, 6.07) is 0. The summed E-state index contributed by atoms with van der Waals surface area (Å²) in [6.45, 7) is 7.08. The van der Waals surface area contributed by atoms with Crippen LogP contribution in [0.25, 0.3) is 0 Å². The Morgan fingerprint density at radius 3 is 2.84 bits per heavy atom. The second-order valence-corrected chi connectivity index (χ2v) is 5.41. The quantitative estimate of drug-likeness (QED) is 0.747. The van der Waals surface area contributed by atoms with Gasteiger partial charge < -0.3 is 14.5 Å². The maximum absolute atomic E-state index is 12.5. The SMILES string of the molecule is CCN1CCCN(C(=O)C2CCCOC2C)CC1=O. The molecule has 2 saturated heterocycles. The monoisotopic (exact) mass is 268 g/mol. The van der Waals surface area contributed by atoms with Gasteiger partial charge in [0, 0.05) is 26.2 Å². The lowest BCUT2D eigenvalue weighted by molar-refractivity contribution is -0.147. The summed E-state index contributed by atoms with van der Waals surface area (Å²) >= 11 is 0. The molecule has 108 valence electrons. The molecule has 5 heteroatoms. The largest absolute Gasteiger partial charge is 0.378 e. The third kappa shape index (κ3) is 3.26. The van der Waals surface area contributed by atoms with Crippen molar-refractivity contribution in [1.29, 1.82) is 0 Å². The van der Waals surface area contributed by atoms with Gasteiger partial charge in [-0.15, -0.1) is 0 Å². The van der Waals surface area contributed by atoms with E-state index in [1.807, 2.05) is 18.7 Å². The molecule has 2 aliphatic heterocycles. The molecule has 0 aromatic heterocycles. The second kappa shape index (κ2) is 6.37. The number of nitrogens with zero attached hydrogens (tertiary/aromatic N) is 2. The summed E-state index contributed by atoms with van der Waals surface area (Å²) in [5.41, 5.74) is 0. The Bertz CT molecular complexity index is 346. The van der Waals surface area contributed by atoms with Crippen LogP contribution in [0.2, 0.25) is 0 Å². The van der Waals surface area contributed by atoms with Crippen molar-refractivity contribution in [2.45, 2.75) is 39.2 Å². The first-order chi connectivity index (χ1) is 9.13. The molecule has 2 rings (SSSR count). The summed E-state index contributed by atoms with van der Waals surface area (Å²) in [5, 5.41) is 0. The lowest BCUT2D eigenvalue weighted by atomic mass is 9.94. The van der Waals surface area contributed by atoms with Gasteiger partial charge in [0.15, 0.2) is 0 Å². The number of amides is 2. The Kier molecular flexibility index (Phi) is 4.80. The smallest absolute Gasteiger partial charge is 0.242 e. The zero-order valence-corrected chi connectivity index (χ0v) is 11.9. The summed E-state index contributed by atoms with van der Waals surface area (Å²) in [4.78, 5) is 28.1. The number of carbonyl (C=O) groups excluding carboxylic acids is 2.